The summed E-state index contributed by atoms with van der Waals surface area (Å²) in [4.78, 5) is 60.0. The third kappa shape index (κ3) is 5.74. The molecule has 1 aliphatic heterocycles. The molecule has 260 valence electrons. The summed E-state index contributed by atoms with van der Waals surface area (Å²) in [5.74, 6) is -7.07. The van der Waals surface area contributed by atoms with E-state index in [4.69, 9.17) is 0 Å². The molecule has 10 nitrogen and oxygen atoms in total. The number of thioether (sulfide) groups is 1. The molecular formula is C37H48N2O8S. The number of fused-ring (bicyclic) bond motifs is 3. The van der Waals surface area contributed by atoms with Crippen LogP contribution in [-0.4, -0.2) is 110 Å². The Labute approximate surface area is 286 Å². The summed E-state index contributed by atoms with van der Waals surface area (Å²) in [6.07, 6.45) is 6.40. The minimum Gasteiger partial charge on any atom is -0.508 e. The first-order valence-electron chi connectivity index (χ1n) is 17.5. The second kappa shape index (κ2) is 13.7. The topological polar surface area (TPSA) is 156 Å². The molecule has 4 aliphatic carbocycles. The molecule has 6 rings (SSSR count). The number of carbonyl (C=O) groups excluding carboxylic acids is 4. The molecule has 0 radical (unpaired) electrons. The lowest BCUT2D eigenvalue weighted by Gasteiger charge is -2.56. The highest BCUT2D eigenvalue weighted by Gasteiger charge is 2.68. The first-order valence-corrected chi connectivity index (χ1v) is 18.5. The molecule has 1 aromatic rings. The van der Waals surface area contributed by atoms with Gasteiger partial charge in [0.1, 0.15) is 28.6 Å². The first kappa shape index (κ1) is 34.9. The summed E-state index contributed by atoms with van der Waals surface area (Å²) in [5, 5.41) is 47.8. The van der Waals surface area contributed by atoms with Crippen molar-refractivity contribution in [3.63, 3.8) is 0 Å². The number of rotatable bonds is 11. The maximum Gasteiger partial charge on any atom is 0.202 e. The van der Waals surface area contributed by atoms with Gasteiger partial charge >= 0.3 is 0 Å². The zero-order chi connectivity index (χ0) is 34.5. The Balaban J connectivity index is 1.54. The molecule has 0 spiro atoms. The maximum atomic E-state index is 14.9. The van der Waals surface area contributed by atoms with Gasteiger partial charge in [0.05, 0.1) is 11.6 Å². The van der Waals surface area contributed by atoms with Gasteiger partial charge in [-0.1, -0.05) is 31.9 Å². The molecule has 48 heavy (non-hydrogen) atoms. The number of aromatic hydroxyl groups is 1. The molecule has 1 heterocycles. The minimum absolute atomic E-state index is 0.0732. The third-order valence-corrected chi connectivity index (χ3v) is 13.0. The van der Waals surface area contributed by atoms with Crippen LogP contribution in [0.15, 0.2) is 35.1 Å². The molecule has 0 bridgehead atoms. The van der Waals surface area contributed by atoms with Crippen LogP contribution in [0.25, 0.3) is 5.76 Å². The van der Waals surface area contributed by atoms with Gasteiger partial charge in [0.15, 0.2) is 17.2 Å². The third-order valence-electron chi connectivity index (χ3n) is 11.5. The summed E-state index contributed by atoms with van der Waals surface area (Å²) in [5.41, 5.74) is -2.79. The molecule has 0 unspecified atom stereocenters. The second-order valence-electron chi connectivity index (χ2n) is 14.5. The van der Waals surface area contributed by atoms with Gasteiger partial charge in [0.25, 0.3) is 0 Å². The average molecular weight is 681 g/mol. The highest BCUT2D eigenvalue weighted by atomic mass is 32.2. The largest absolute Gasteiger partial charge is 0.508 e. The van der Waals surface area contributed by atoms with Gasteiger partial charge in [-0.25, -0.2) is 0 Å². The summed E-state index contributed by atoms with van der Waals surface area (Å²) in [7, 11) is 3.26. The maximum absolute atomic E-state index is 14.9. The smallest absolute Gasteiger partial charge is 0.202 e. The van der Waals surface area contributed by atoms with Gasteiger partial charge < -0.3 is 25.3 Å². The fourth-order valence-corrected chi connectivity index (χ4v) is 10.7. The monoisotopic (exact) mass is 680 g/mol. The SMILES string of the molecule is CCC(=O)C[C@H]1[C@H]2C(=C(O)c3c(O)cccc3[C@@H]2CSC2CCCC2)C(=O)[C@]2(O)C(O)=C(C(=O)CCN3CCCC3)C(=O)[C@@H](N(C)C)[C@H]12. The molecule has 4 N–H and O–H groups in total. The number of likely N-dealkylation sites (N-methyl/N-ethyl adjacent to an activating group) is 1. The lowest BCUT2D eigenvalue weighted by Crippen LogP contribution is -2.69. The van der Waals surface area contributed by atoms with Crippen LogP contribution in [0.1, 0.15) is 81.8 Å². The number of ketones is 4. The number of nitrogens with zero attached hydrogens (tertiary/aromatic N) is 2. The van der Waals surface area contributed by atoms with Gasteiger partial charge in [-0.05, 0) is 70.4 Å². The molecule has 11 heteroatoms. The Morgan fingerprint density at radius 1 is 1.04 bits per heavy atom. The lowest BCUT2D eigenvalue weighted by atomic mass is 9.50. The molecular weight excluding hydrogens is 632 g/mol. The number of benzene rings is 1. The number of carbonyl (C=O) groups is 4. The molecule has 1 saturated heterocycles. The van der Waals surface area contributed by atoms with Gasteiger partial charge in [0.2, 0.25) is 5.78 Å². The Kier molecular flexibility index (Phi) is 9.97. The van der Waals surface area contributed by atoms with E-state index < -0.39 is 69.8 Å². The van der Waals surface area contributed by atoms with Crippen molar-refractivity contribution in [3.8, 4) is 5.75 Å². The van der Waals surface area contributed by atoms with Crippen molar-refractivity contribution in [1.29, 1.82) is 0 Å². The van der Waals surface area contributed by atoms with E-state index in [1.54, 1.807) is 43.7 Å². The van der Waals surface area contributed by atoms with Crippen molar-refractivity contribution in [1.82, 2.24) is 9.80 Å². The van der Waals surface area contributed by atoms with E-state index in [-0.39, 0.29) is 41.9 Å². The van der Waals surface area contributed by atoms with Crippen LogP contribution in [0, 0.1) is 17.8 Å². The number of aliphatic hydroxyl groups is 3. The molecule has 1 aromatic carbocycles. The van der Waals surface area contributed by atoms with Crippen molar-refractivity contribution in [2.24, 2.45) is 17.8 Å². The van der Waals surface area contributed by atoms with Crippen molar-refractivity contribution in [2.45, 2.75) is 87.5 Å². The number of hydrogen-bond acceptors (Lipinski definition) is 11. The van der Waals surface area contributed by atoms with Crippen LogP contribution in [0.2, 0.25) is 0 Å². The highest BCUT2D eigenvalue weighted by molar-refractivity contribution is 7.99. The fraction of sp³-hybridized carbons (Fsp3) is 0.622. The highest BCUT2D eigenvalue weighted by Crippen LogP contribution is 2.60. The van der Waals surface area contributed by atoms with Gasteiger partial charge in [-0.15, -0.1) is 0 Å². The molecule has 0 amide bonds. The Hall–Kier alpha value is -2.99. The zero-order valence-electron chi connectivity index (χ0n) is 28.1. The second-order valence-corrected chi connectivity index (χ2v) is 15.8. The summed E-state index contributed by atoms with van der Waals surface area (Å²) in [6.45, 7) is 3.76. The van der Waals surface area contributed by atoms with E-state index in [2.05, 4.69) is 4.90 Å². The Bertz CT molecular complexity index is 1560. The quantitative estimate of drug-likeness (QED) is 0.247. The molecule has 0 aromatic heterocycles. The van der Waals surface area contributed by atoms with E-state index in [1.165, 1.54) is 6.07 Å². The Morgan fingerprint density at radius 3 is 2.38 bits per heavy atom. The summed E-state index contributed by atoms with van der Waals surface area (Å²) in [6, 6.07) is 3.73. The minimum atomic E-state index is -2.76. The average Bonchev–Trinajstić information content (AvgIpc) is 3.78. The van der Waals surface area contributed by atoms with Crippen LogP contribution < -0.4 is 0 Å². The van der Waals surface area contributed by atoms with Gasteiger partial charge in [-0.3, -0.25) is 24.1 Å². The number of Topliss-reactive ketones (excluding diaryl/α,β-unsaturated/α-hetero) is 4. The number of likely N-dealkylation sites (tertiary alicyclic amines) is 1. The fourth-order valence-electron chi connectivity index (χ4n) is 9.18. The predicted molar refractivity (Wildman–Crippen MR) is 183 cm³/mol. The van der Waals surface area contributed by atoms with Gasteiger partial charge in [-0.2, -0.15) is 11.8 Å². The van der Waals surface area contributed by atoms with Crippen molar-refractivity contribution < 1.29 is 39.6 Å². The van der Waals surface area contributed by atoms with Crippen molar-refractivity contribution >= 4 is 40.7 Å². The van der Waals surface area contributed by atoms with E-state index in [1.807, 2.05) is 6.07 Å². The molecule has 2 saturated carbocycles. The standard InChI is InChI=1S/C37H48N2O8S/c1-4-20(40)18-23-27-24(19-48-21-10-5-6-11-21)22-12-9-13-25(41)28(22)33(43)30(27)36(46)37(47)31(23)32(38(2)3)34(44)29(35(37)45)26(42)14-17-39-15-7-8-16-39/h9,12-13,21,23-24,27,31-32,41,43,45,47H,4-8,10-11,14-19H2,1-3H3/t23-,24-,27+,31-,32-,37+/m0/s1. The zero-order valence-corrected chi connectivity index (χ0v) is 28.9. The Morgan fingerprint density at radius 2 is 1.73 bits per heavy atom. The van der Waals surface area contributed by atoms with E-state index in [9.17, 15) is 39.6 Å². The van der Waals surface area contributed by atoms with E-state index >= 15 is 0 Å². The number of aliphatic hydroxyl groups excluding tert-OH is 2. The first-order chi connectivity index (χ1) is 22.9. The number of phenolic OH excluding ortho intramolecular Hbond substituents is 1. The van der Waals surface area contributed by atoms with Crippen LogP contribution in [0.4, 0.5) is 0 Å². The van der Waals surface area contributed by atoms with Gasteiger partial charge in [0, 0.05) is 60.1 Å². The van der Waals surface area contributed by atoms with Crippen LogP contribution in [0.5, 0.6) is 5.75 Å². The molecule has 6 atom stereocenters. The van der Waals surface area contributed by atoms with E-state index in [0.29, 0.717) is 23.1 Å². The summed E-state index contributed by atoms with van der Waals surface area (Å²) >= 11 is 1.77. The van der Waals surface area contributed by atoms with Crippen LogP contribution >= 0.6 is 11.8 Å². The number of phenols is 1. The lowest BCUT2D eigenvalue weighted by molar-refractivity contribution is -0.162. The van der Waals surface area contributed by atoms with Crippen molar-refractivity contribution in [3.05, 3.63) is 46.2 Å². The van der Waals surface area contributed by atoms with Crippen LogP contribution in [0.3, 0.4) is 0 Å². The number of hydrogen-bond donors (Lipinski definition) is 4. The van der Waals surface area contributed by atoms with E-state index in [0.717, 1.165) is 51.6 Å². The van der Waals surface area contributed by atoms with Crippen molar-refractivity contribution in [2.75, 3.05) is 39.5 Å². The van der Waals surface area contributed by atoms with Crippen LogP contribution in [-0.2, 0) is 19.2 Å². The molecule has 3 fully saturated rings. The summed E-state index contributed by atoms with van der Waals surface area (Å²) < 4.78 is 0. The predicted octanol–water partition coefficient (Wildman–Crippen LogP) is 4.35. The normalized spacial score (nSPS) is 31.0. The molecule has 5 aliphatic rings.